The molecule has 0 amide bonds. The number of aromatic nitrogens is 2. The molecule has 5 heteroatoms. The van der Waals surface area contributed by atoms with Crippen LogP contribution in [0.25, 0.3) is 11.3 Å². The van der Waals surface area contributed by atoms with Crippen molar-refractivity contribution < 1.29 is 0 Å². The quantitative estimate of drug-likeness (QED) is 0.713. The van der Waals surface area contributed by atoms with Gasteiger partial charge in [0.2, 0.25) is 5.95 Å². The first kappa shape index (κ1) is 16.3. The van der Waals surface area contributed by atoms with Crippen molar-refractivity contribution >= 4 is 23.4 Å². The fraction of sp³-hybridized carbons (Fsp3) is 0.158. The summed E-state index contributed by atoms with van der Waals surface area (Å²) in [5, 5.41) is 4.08. The van der Waals surface area contributed by atoms with E-state index in [0.29, 0.717) is 10.8 Å². The minimum Gasteiger partial charge on any atom is -0.368 e. The summed E-state index contributed by atoms with van der Waals surface area (Å²) in [6.45, 7) is 4.05. The van der Waals surface area contributed by atoms with Crippen molar-refractivity contribution in [2.45, 2.75) is 19.9 Å². The van der Waals surface area contributed by atoms with Gasteiger partial charge in [0.05, 0.1) is 5.69 Å². The molecule has 1 atom stereocenters. The third-order valence-electron chi connectivity index (χ3n) is 3.95. The van der Waals surface area contributed by atoms with Crippen LogP contribution in [0.15, 0.2) is 54.6 Å². The van der Waals surface area contributed by atoms with Crippen molar-refractivity contribution in [1.82, 2.24) is 9.97 Å². The van der Waals surface area contributed by atoms with Crippen molar-refractivity contribution in [3.05, 3.63) is 70.7 Å². The molecule has 0 unspecified atom stereocenters. The Kier molecular flexibility index (Phi) is 4.67. The van der Waals surface area contributed by atoms with Crippen LogP contribution in [-0.2, 0) is 0 Å². The van der Waals surface area contributed by atoms with Gasteiger partial charge in [0.25, 0.3) is 0 Å². The minimum absolute atomic E-state index is 0.105. The molecular formula is C19H19ClN4. The first-order valence-corrected chi connectivity index (χ1v) is 8.14. The second kappa shape index (κ2) is 6.89. The molecule has 3 rings (SSSR count). The number of nitrogens with one attached hydrogen (secondary N) is 1. The molecule has 0 spiro atoms. The van der Waals surface area contributed by atoms with E-state index < -0.39 is 0 Å². The number of nitrogens with zero attached hydrogens (tertiary/aromatic N) is 2. The molecule has 4 nitrogen and oxygen atoms in total. The van der Waals surface area contributed by atoms with E-state index in [-0.39, 0.29) is 12.0 Å². The molecule has 0 aliphatic carbocycles. The van der Waals surface area contributed by atoms with Gasteiger partial charge in [-0.3, -0.25) is 0 Å². The van der Waals surface area contributed by atoms with Gasteiger partial charge in [-0.25, -0.2) is 4.98 Å². The van der Waals surface area contributed by atoms with Crippen LogP contribution in [0.5, 0.6) is 0 Å². The Morgan fingerprint density at radius 2 is 1.79 bits per heavy atom. The van der Waals surface area contributed by atoms with Crippen LogP contribution < -0.4 is 11.1 Å². The van der Waals surface area contributed by atoms with E-state index in [2.05, 4.69) is 34.3 Å². The second-order valence-electron chi connectivity index (χ2n) is 5.69. The van der Waals surface area contributed by atoms with Crippen LogP contribution >= 0.6 is 11.6 Å². The third kappa shape index (κ3) is 3.49. The summed E-state index contributed by atoms with van der Waals surface area (Å²) in [4.78, 5) is 8.65. The first-order chi connectivity index (χ1) is 11.5. The maximum atomic E-state index is 6.22. The molecule has 1 aromatic heterocycles. The predicted molar refractivity (Wildman–Crippen MR) is 100 cm³/mol. The Bertz CT molecular complexity index is 849. The van der Waals surface area contributed by atoms with Gasteiger partial charge in [-0.15, -0.1) is 0 Å². The zero-order valence-corrected chi connectivity index (χ0v) is 14.4. The van der Waals surface area contributed by atoms with E-state index in [9.17, 15) is 0 Å². The van der Waals surface area contributed by atoms with Crippen LogP contribution in [-0.4, -0.2) is 9.97 Å². The number of hydrogen-bond donors (Lipinski definition) is 2. The van der Waals surface area contributed by atoms with Gasteiger partial charge in [-0.05, 0) is 31.0 Å². The highest BCUT2D eigenvalue weighted by molar-refractivity contribution is 6.31. The van der Waals surface area contributed by atoms with E-state index >= 15 is 0 Å². The molecular weight excluding hydrogens is 320 g/mol. The van der Waals surface area contributed by atoms with Gasteiger partial charge in [-0.2, -0.15) is 4.98 Å². The third-order valence-corrected chi connectivity index (χ3v) is 4.36. The summed E-state index contributed by atoms with van der Waals surface area (Å²) in [6.07, 6.45) is 0. The number of nitrogen functional groups attached to an aromatic ring is 1. The van der Waals surface area contributed by atoms with Gasteiger partial charge in [-0.1, -0.05) is 54.1 Å². The highest BCUT2D eigenvalue weighted by atomic mass is 35.5. The molecule has 3 N–H and O–H groups in total. The number of halogens is 1. The molecule has 2 aromatic carbocycles. The van der Waals surface area contributed by atoms with Crippen molar-refractivity contribution in [3.8, 4) is 11.3 Å². The number of nitrogens with two attached hydrogens (primary N) is 1. The molecule has 0 saturated heterocycles. The van der Waals surface area contributed by atoms with Crippen molar-refractivity contribution in [2.75, 3.05) is 11.1 Å². The number of anilines is 2. The molecule has 0 bridgehead atoms. The summed E-state index contributed by atoms with van der Waals surface area (Å²) in [7, 11) is 0. The zero-order valence-electron chi connectivity index (χ0n) is 13.6. The number of hydrogen-bond acceptors (Lipinski definition) is 4. The number of benzene rings is 2. The molecule has 122 valence electrons. The summed E-state index contributed by atoms with van der Waals surface area (Å²) in [5.74, 6) is 0.919. The van der Waals surface area contributed by atoms with Crippen molar-refractivity contribution in [2.24, 2.45) is 0 Å². The highest BCUT2D eigenvalue weighted by Crippen LogP contribution is 2.29. The van der Waals surface area contributed by atoms with E-state index in [1.165, 1.54) is 5.56 Å². The average molecular weight is 339 g/mol. The van der Waals surface area contributed by atoms with Crippen LogP contribution in [0.1, 0.15) is 24.1 Å². The maximum Gasteiger partial charge on any atom is 0.222 e. The predicted octanol–water partition coefficient (Wildman–Crippen LogP) is 4.86. The van der Waals surface area contributed by atoms with Gasteiger partial charge in [0.1, 0.15) is 5.82 Å². The Labute approximate surface area is 146 Å². The van der Waals surface area contributed by atoms with E-state index in [1.54, 1.807) is 0 Å². The Morgan fingerprint density at radius 1 is 1.04 bits per heavy atom. The molecule has 0 fully saturated rings. The van der Waals surface area contributed by atoms with Gasteiger partial charge < -0.3 is 11.1 Å². The monoisotopic (exact) mass is 338 g/mol. The lowest BCUT2D eigenvalue weighted by molar-refractivity contribution is 0.873. The average Bonchev–Trinajstić information content (AvgIpc) is 2.57. The normalized spacial score (nSPS) is 12.0. The summed E-state index contributed by atoms with van der Waals surface area (Å²) in [6, 6.07) is 17.9. The Balaban J connectivity index is 1.93. The Hall–Kier alpha value is -2.59. The molecule has 0 aliphatic rings. The molecule has 3 aromatic rings. The van der Waals surface area contributed by atoms with Crippen LogP contribution in [0, 0.1) is 6.92 Å². The van der Waals surface area contributed by atoms with E-state index in [0.717, 1.165) is 16.8 Å². The summed E-state index contributed by atoms with van der Waals surface area (Å²) in [5.41, 5.74) is 9.76. The maximum absolute atomic E-state index is 6.22. The van der Waals surface area contributed by atoms with Gasteiger partial charge in [0.15, 0.2) is 0 Å². The molecule has 0 saturated carbocycles. The molecule has 1 heterocycles. The summed E-state index contributed by atoms with van der Waals surface area (Å²) >= 11 is 6.22. The van der Waals surface area contributed by atoms with Gasteiger partial charge in [0, 0.05) is 22.7 Å². The first-order valence-electron chi connectivity index (χ1n) is 7.76. The molecule has 0 aliphatic heterocycles. The highest BCUT2D eigenvalue weighted by Gasteiger charge is 2.11. The smallest absolute Gasteiger partial charge is 0.222 e. The van der Waals surface area contributed by atoms with E-state index in [1.807, 2.05) is 49.4 Å². The number of rotatable bonds is 4. The fourth-order valence-electron chi connectivity index (χ4n) is 2.61. The Morgan fingerprint density at radius 3 is 2.54 bits per heavy atom. The van der Waals surface area contributed by atoms with Crippen molar-refractivity contribution in [3.63, 3.8) is 0 Å². The van der Waals surface area contributed by atoms with Gasteiger partial charge >= 0.3 is 0 Å². The van der Waals surface area contributed by atoms with Crippen LogP contribution in [0.2, 0.25) is 5.02 Å². The topological polar surface area (TPSA) is 63.8 Å². The van der Waals surface area contributed by atoms with Crippen LogP contribution in [0.3, 0.4) is 0 Å². The lowest BCUT2D eigenvalue weighted by Crippen LogP contribution is -2.09. The van der Waals surface area contributed by atoms with Crippen molar-refractivity contribution in [1.29, 1.82) is 0 Å². The second-order valence-corrected chi connectivity index (χ2v) is 6.09. The molecule has 24 heavy (non-hydrogen) atoms. The zero-order chi connectivity index (χ0) is 17.1. The SMILES string of the molecule is Cc1c(Cl)cccc1-c1cc(N[C@@H](C)c2ccccc2)nc(N)n1. The lowest BCUT2D eigenvalue weighted by atomic mass is 10.1. The largest absolute Gasteiger partial charge is 0.368 e. The van der Waals surface area contributed by atoms with E-state index in [4.69, 9.17) is 17.3 Å². The lowest BCUT2D eigenvalue weighted by Gasteiger charge is -2.16. The molecule has 0 radical (unpaired) electrons. The minimum atomic E-state index is 0.105. The standard InChI is InChI=1S/C19H19ClN4/c1-12-15(9-6-10-16(12)20)17-11-18(24-19(21)23-17)22-13(2)14-7-4-3-5-8-14/h3-11,13H,1-2H3,(H3,21,22,23,24)/t13-/m0/s1. The fourth-order valence-corrected chi connectivity index (χ4v) is 2.78. The van der Waals surface area contributed by atoms with Crippen LogP contribution in [0.4, 0.5) is 11.8 Å². The summed E-state index contributed by atoms with van der Waals surface area (Å²) < 4.78 is 0.